The van der Waals surface area contributed by atoms with Crippen molar-refractivity contribution in [1.82, 2.24) is 14.2 Å². The molecule has 0 aliphatic heterocycles. The minimum absolute atomic E-state index is 1.18. The third kappa shape index (κ3) is 3.20. The van der Waals surface area contributed by atoms with Crippen molar-refractivity contribution in [2.45, 2.75) is 58.8 Å². The SMILES string of the molecule is CCN([Si](CC)(CC)CC)[Si](CC)(NC)NC. The van der Waals surface area contributed by atoms with Crippen LogP contribution in [0.4, 0.5) is 0 Å². The highest BCUT2D eigenvalue weighted by atomic mass is 28.4. The average Bonchev–Trinajstić information content (AvgIpc) is 2.40. The van der Waals surface area contributed by atoms with Crippen LogP contribution in [0.25, 0.3) is 0 Å². The summed E-state index contributed by atoms with van der Waals surface area (Å²) in [6, 6.07) is 5.33. The Kier molecular flexibility index (Phi) is 7.83. The third-order valence-corrected chi connectivity index (χ3v) is 16.6. The molecule has 0 unspecified atom stereocenters. The second-order valence-corrected chi connectivity index (χ2v) is 14.3. The largest absolute Gasteiger partial charge is 0.321 e. The summed E-state index contributed by atoms with van der Waals surface area (Å²) < 4.78 is 2.89. The summed E-state index contributed by atoms with van der Waals surface area (Å²) in [5.74, 6) is 0. The molecule has 0 radical (unpaired) electrons. The number of hydrogen-bond donors (Lipinski definition) is 2. The van der Waals surface area contributed by atoms with Gasteiger partial charge in [-0.15, -0.1) is 0 Å². The Balaban J connectivity index is 5.39. The fraction of sp³-hybridized carbons (Fsp3) is 1.00. The molecule has 2 N–H and O–H groups in total. The lowest BCUT2D eigenvalue weighted by Gasteiger charge is -2.50. The van der Waals surface area contributed by atoms with E-state index in [0.29, 0.717) is 0 Å². The number of rotatable bonds is 9. The first-order valence-corrected chi connectivity index (χ1v) is 11.9. The lowest BCUT2D eigenvalue weighted by Crippen LogP contribution is -2.77. The molecular formula is C12H33N3Si2. The van der Waals surface area contributed by atoms with E-state index in [9.17, 15) is 0 Å². The van der Waals surface area contributed by atoms with E-state index in [4.69, 9.17) is 0 Å². The van der Waals surface area contributed by atoms with E-state index < -0.39 is 16.8 Å². The van der Waals surface area contributed by atoms with Crippen LogP contribution in [-0.4, -0.2) is 41.7 Å². The number of nitrogens with one attached hydrogen (secondary N) is 2. The average molecular weight is 276 g/mol. The summed E-state index contributed by atoms with van der Waals surface area (Å²) in [6.07, 6.45) is 0. The van der Waals surface area contributed by atoms with Gasteiger partial charge in [0, 0.05) is 0 Å². The van der Waals surface area contributed by atoms with E-state index in [0.717, 1.165) is 0 Å². The summed E-state index contributed by atoms with van der Waals surface area (Å²) in [6.45, 7) is 13.0. The van der Waals surface area contributed by atoms with Gasteiger partial charge in [0.25, 0.3) is 8.56 Å². The molecule has 0 fully saturated rings. The normalized spacial score (nSPS) is 13.4. The molecule has 104 valence electrons. The zero-order valence-electron chi connectivity index (χ0n) is 13.0. The zero-order valence-corrected chi connectivity index (χ0v) is 15.0. The monoisotopic (exact) mass is 275 g/mol. The Labute approximate surface area is 111 Å². The molecule has 0 aliphatic rings. The van der Waals surface area contributed by atoms with Gasteiger partial charge in [0.1, 0.15) is 8.24 Å². The maximum absolute atomic E-state index is 3.66. The minimum Gasteiger partial charge on any atom is -0.321 e. The maximum Gasteiger partial charge on any atom is 0.276 e. The lowest BCUT2D eigenvalue weighted by atomic mass is 10.8. The molecule has 17 heavy (non-hydrogen) atoms. The Morgan fingerprint density at radius 2 is 1.18 bits per heavy atom. The molecule has 0 saturated heterocycles. The molecule has 0 bridgehead atoms. The van der Waals surface area contributed by atoms with E-state index in [1.807, 2.05) is 0 Å². The predicted octanol–water partition coefficient (Wildman–Crippen LogP) is 2.71. The van der Waals surface area contributed by atoms with E-state index in [1.165, 1.54) is 30.7 Å². The molecule has 0 saturated carbocycles. The number of hydrogen-bond acceptors (Lipinski definition) is 3. The van der Waals surface area contributed by atoms with Gasteiger partial charge in [0.15, 0.2) is 0 Å². The van der Waals surface area contributed by atoms with Crippen LogP contribution in [-0.2, 0) is 0 Å². The maximum atomic E-state index is 3.66. The Morgan fingerprint density at radius 1 is 0.765 bits per heavy atom. The molecular weight excluding hydrogens is 242 g/mol. The Morgan fingerprint density at radius 3 is 1.35 bits per heavy atom. The summed E-state index contributed by atoms with van der Waals surface area (Å²) in [5, 5.41) is 0. The highest BCUT2D eigenvalue weighted by molar-refractivity contribution is 6.90. The Hall–Kier alpha value is 0.314. The highest BCUT2D eigenvalue weighted by Crippen LogP contribution is 2.28. The van der Waals surface area contributed by atoms with Crippen molar-refractivity contribution in [2.75, 3.05) is 20.6 Å². The van der Waals surface area contributed by atoms with E-state index in [1.54, 1.807) is 0 Å². The molecule has 0 heterocycles. The number of nitrogens with zero attached hydrogens (tertiary/aromatic N) is 1. The van der Waals surface area contributed by atoms with Crippen LogP contribution in [0.2, 0.25) is 24.2 Å². The quantitative estimate of drug-likeness (QED) is 0.634. The standard InChI is InChI=1S/C12H33N3Si2/c1-8-15(16(9-2,10-3)11-4)17(12-5,13-6)14-7/h13-14H,8-12H2,1-7H3. The topological polar surface area (TPSA) is 27.3 Å². The second-order valence-electron chi connectivity index (χ2n) is 4.74. The van der Waals surface area contributed by atoms with Crippen molar-refractivity contribution in [1.29, 1.82) is 0 Å². The third-order valence-electron chi connectivity index (χ3n) is 4.66. The molecule has 3 nitrogen and oxygen atoms in total. The van der Waals surface area contributed by atoms with Gasteiger partial charge in [0.05, 0.1) is 0 Å². The first-order valence-electron chi connectivity index (χ1n) is 7.21. The van der Waals surface area contributed by atoms with Gasteiger partial charge in [0.2, 0.25) is 0 Å². The molecule has 0 amide bonds. The molecule has 0 atom stereocenters. The van der Waals surface area contributed by atoms with Crippen molar-refractivity contribution in [2.24, 2.45) is 0 Å². The van der Waals surface area contributed by atoms with Crippen LogP contribution in [0.15, 0.2) is 0 Å². The van der Waals surface area contributed by atoms with Crippen LogP contribution < -0.4 is 9.96 Å². The predicted molar refractivity (Wildman–Crippen MR) is 83.9 cm³/mol. The molecule has 0 aliphatic carbocycles. The van der Waals surface area contributed by atoms with E-state index in [2.05, 4.69) is 62.9 Å². The summed E-state index contributed by atoms with van der Waals surface area (Å²) in [5.41, 5.74) is 0. The van der Waals surface area contributed by atoms with E-state index >= 15 is 0 Å². The fourth-order valence-corrected chi connectivity index (χ4v) is 14.8. The van der Waals surface area contributed by atoms with Crippen molar-refractivity contribution >= 4 is 16.8 Å². The molecule has 0 aromatic carbocycles. The first-order chi connectivity index (χ1) is 8.06. The van der Waals surface area contributed by atoms with Crippen molar-refractivity contribution in [3.8, 4) is 0 Å². The van der Waals surface area contributed by atoms with E-state index in [-0.39, 0.29) is 0 Å². The molecule has 0 aromatic rings. The van der Waals surface area contributed by atoms with Gasteiger partial charge in [-0.3, -0.25) is 0 Å². The van der Waals surface area contributed by atoms with Crippen LogP contribution in [0.5, 0.6) is 0 Å². The lowest BCUT2D eigenvalue weighted by molar-refractivity contribution is 0.577. The van der Waals surface area contributed by atoms with Gasteiger partial charge >= 0.3 is 0 Å². The Bertz CT molecular complexity index is 167. The highest BCUT2D eigenvalue weighted by Gasteiger charge is 2.46. The minimum atomic E-state index is -1.65. The zero-order chi connectivity index (χ0) is 13.5. The first kappa shape index (κ1) is 17.3. The second kappa shape index (κ2) is 7.68. The van der Waals surface area contributed by atoms with Gasteiger partial charge < -0.3 is 14.2 Å². The van der Waals surface area contributed by atoms with Crippen molar-refractivity contribution in [3.63, 3.8) is 0 Å². The van der Waals surface area contributed by atoms with Crippen molar-refractivity contribution in [3.05, 3.63) is 0 Å². The van der Waals surface area contributed by atoms with Gasteiger partial charge in [-0.05, 0) is 44.8 Å². The molecule has 0 aromatic heterocycles. The van der Waals surface area contributed by atoms with Gasteiger partial charge in [-0.25, -0.2) is 0 Å². The fourth-order valence-electron chi connectivity index (χ4n) is 3.27. The van der Waals surface area contributed by atoms with Gasteiger partial charge in [-0.1, -0.05) is 34.6 Å². The van der Waals surface area contributed by atoms with Gasteiger partial charge in [-0.2, -0.15) is 0 Å². The molecule has 5 heteroatoms. The van der Waals surface area contributed by atoms with Crippen LogP contribution in [0.1, 0.15) is 34.6 Å². The summed E-state index contributed by atoms with van der Waals surface area (Å²) in [4.78, 5) is 7.33. The van der Waals surface area contributed by atoms with Crippen LogP contribution in [0.3, 0.4) is 0 Å². The van der Waals surface area contributed by atoms with Crippen LogP contribution in [0, 0.1) is 0 Å². The summed E-state index contributed by atoms with van der Waals surface area (Å²) in [7, 11) is 1.34. The molecule has 0 rings (SSSR count). The smallest absolute Gasteiger partial charge is 0.276 e. The van der Waals surface area contributed by atoms with Crippen molar-refractivity contribution < 1.29 is 0 Å². The summed E-state index contributed by atoms with van der Waals surface area (Å²) >= 11 is 0. The molecule has 0 spiro atoms. The van der Waals surface area contributed by atoms with Crippen LogP contribution >= 0.6 is 0 Å².